The molecule has 0 spiro atoms. The van der Waals surface area contributed by atoms with E-state index in [1.807, 2.05) is 63.4 Å². The van der Waals surface area contributed by atoms with Crippen LogP contribution >= 0.6 is 11.3 Å². The summed E-state index contributed by atoms with van der Waals surface area (Å²) in [7, 11) is 0. The number of ether oxygens (including phenoxy) is 1. The van der Waals surface area contributed by atoms with Gasteiger partial charge in [0.05, 0.1) is 31.7 Å². The molecule has 3 aliphatic rings. The van der Waals surface area contributed by atoms with Crippen molar-refractivity contribution < 1.29 is 19.1 Å². The average Bonchev–Trinajstić information content (AvgIpc) is 3.53. The molecule has 8 nitrogen and oxygen atoms in total. The Balaban J connectivity index is 1.26. The molecule has 3 saturated heterocycles. The fourth-order valence-electron chi connectivity index (χ4n) is 5.22. The summed E-state index contributed by atoms with van der Waals surface area (Å²) in [5, 5.41) is 2.00. The van der Waals surface area contributed by atoms with Crippen molar-refractivity contribution in [3.63, 3.8) is 0 Å². The summed E-state index contributed by atoms with van der Waals surface area (Å²) in [6.07, 6.45) is 0.213. The molecule has 2 unspecified atom stereocenters. The van der Waals surface area contributed by atoms with E-state index in [4.69, 9.17) is 4.74 Å². The van der Waals surface area contributed by atoms with Crippen LogP contribution in [-0.4, -0.2) is 91.4 Å². The van der Waals surface area contributed by atoms with Gasteiger partial charge in [0.25, 0.3) is 0 Å². The van der Waals surface area contributed by atoms with Gasteiger partial charge in [0, 0.05) is 56.3 Å². The molecule has 3 fully saturated rings. The SMILES string of the molecule is Cc1ccc(N2C(=O)CC(C(=O)N3CCN(CC(=O)N4CCOCC4)CC3)C2c2cccs2)cc1. The van der Waals surface area contributed by atoms with Gasteiger partial charge in [-0.05, 0) is 30.5 Å². The zero-order valence-corrected chi connectivity index (χ0v) is 20.9. The van der Waals surface area contributed by atoms with Crippen molar-refractivity contribution in [3.05, 3.63) is 52.2 Å². The number of piperazine rings is 1. The average molecular weight is 497 g/mol. The maximum absolute atomic E-state index is 13.7. The predicted octanol–water partition coefficient (Wildman–Crippen LogP) is 2.15. The van der Waals surface area contributed by atoms with Gasteiger partial charge in [-0.2, -0.15) is 0 Å². The molecule has 9 heteroatoms. The van der Waals surface area contributed by atoms with Crippen LogP contribution in [0.5, 0.6) is 0 Å². The number of aryl methyl sites for hydroxylation is 1. The van der Waals surface area contributed by atoms with Gasteiger partial charge < -0.3 is 19.4 Å². The van der Waals surface area contributed by atoms with Crippen LogP contribution < -0.4 is 4.90 Å². The van der Waals surface area contributed by atoms with Gasteiger partial charge in [0.15, 0.2) is 0 Å². The number of carbonyl (C=O) groups is 3. The number of amides is 3. The first-order valence-corrected chi connectivity index (χ1v) is 13.2. The monoisotopic (exact) mass is 496 g/mol. The Labute approximate surface area is 210 Å². The Bertz CT molecular complexity index is 1040. The summed E-state index contributed by atoms with van der Waals surface area (Å²) in [5.74, 6) is -0.268. The fraction of sp³-hybridized carbons (Fsp3) is 0.500. The van der Waals surface area contributed by atoms with E-state index in [0.29, 0.717) is 59.0 Å². The van der Waals surface area contributed by atoms with Crippen LogP contribution in [0.2, 0.25) is 0 Å². The predicted molar refractivity (Wildman–Crippen MR) is 134 cm³/mol. The normalized spacial score (nSPS) is 23.7. The Morgan fingerprint density at radius 2 is 1.69 bits per heavy atom. The minimum absolute atomic E-state index is 0.0136. The van der Waals surface area contributed by atoms with Gasteiger partial charge >= 0.3 is 0 Å². The molecule has 0 radical (unpaired) electrons. The number of anilines is 1. The number of benzene rings is 1. The van der Waals surface area contributed by atoms with Crippen molar-refractivity contribution in [2.24, 2.45) is 5.92 Å². The van der Waals surface area contributed by atoms with Crippen molar-refractivity contribution in [3.8, 4) is 0 Å². The highest BCUT2D eigenvalue weighted by molar-refractivity contribution is 7.10. The van der Waals surface area contributed by atoms with E-state index in [0.717, 1.165) is 16.1 Å². The maximum Gasteiger partial charge on any atom is 0.236 e. The summed E-state index contributed by atoms with van der Waals surface area (Å²) < 4.78 is 5.33. The van der Waals surface area contributed by atoms with Crippen LogP contribution in [-0.2, 0) is 19.1 Å². The third-order valence-corrected chi connectivity index (χ3v) is 8.14. The van der Waals surface area contributed by atoms with Gasteiger partial charge in [-0.3, -0.25) is 19.3 Å². The number of hydrogen-bond donors (Lipinski definition) is 0. The lowest BCUT2D eigenvalue weighted by molar-refractivity contribution is -0.140. The largest absolute Gasteiger partial charge is 0.378 e. The molecule has 3 aliphatic heterocycles. The van der Waals surface area contributed by atoms with Crippen molar-refractivity contribution in [1.29, 1.82) is 0 Å². The van der Waals surface area contributed by atoms with Gasteiger partial charge in [-0.1, -0.05) is 23.8 Å². The minimum Gasteiger partial charge on any atom is -0.378 e. The lowest BCUT2D eigenvalue weighted by Gasteiger charge is -2.37. The molecule has 4 heterocycles. The van der Waals surface area contributed by atoms with Crippen LogP contribution in [0.3, 0.4) is 0 Å². The van der Waals surface area contributed by atoms with Crippen LogP contribution in [0.4, 0.5) is 5.69 Å². The fourth-order valence-corrected chi connectivity index (χ4v) is 6.10. The van der Waals surface area contributed by atoms with Gasteiger partial charge in [-0.15, -0.1) is 11.3 Å². The van der Waals surface area contributed by atoms with Crippen LogP contribution in [0.15, 0.2) is 41.8 Å². The Morgan fingerprint density at radius 1 is 0.971 bits per heavy atom. The molecule has 2 atom stereocenters. The molecule has 1 aromatic carbocycles. The van der Waals surface area contributed by atoms with Gasteiger partial charge in [0.1, 0.15) is 0 Å². The number of hydrogen-bond acceptors (Lipinski definition) is 6. The van der Waals surface area contributed by atoms with E-state index in [-0.39, 0.29) is 30.2 Å². The highest BCUT2D eigenvalue weighted by Gasteiger charge is 2.47. The second-order valence-corrected chi connectivity index (χ2v) is 10.4. The van der Waals surface area contributed by atoms with E-state index < -0.39 is 5.92 Å². The summed E-state index contributed by atoms with van der Waals surface area (Å²) in [6, 6.07) is 11.6. The molecule has 5 rings (SSSR count). The molecule has 0 saturated carbocycles. The van der Waals surface area contributed by atoms with Crippen molar-refractivity contribution >= 4 is 34.7 Å². The first-order chi connectivity index (χ1) is 17.0. The molecule has 3 amide bonds. The number of thiophene rings is 1. The molecular weight excluding hydrogens is 464 g/mol. The molecule has 35 heavy (non-hydrogen) atoms. The highest BCUT2D eigenvalue weighted by atomic mass is 32.1. The van der Waals surface area contributed by atoms with E-state index in [1.54, 1.807) is 11.3 Å². The lowest BCUT2D eigenvalue weighted by atomic mass is 9.96. The zero-order valence-electron chi connectivity index (χ0n) is 20.1. The molecular formula is C26H32N4O4S. The van der Waals surface area contributed by atoms with Crippen molar-refractivity contribution in [2.45, 2.75) is 19.4 Å². The molecule has 0 bridgehead atoms. The second kappa shape index (κ2) is 10.5. The number of carbonyl (C=O) groups excluding carboxylic acids is 3. The van der Waals surface area contributed by atoms with E-state index >= 15 is 0 Å². The number of nitrogens with zero attached hydrogens (tertiary/aromatic N) is 4. The summed E-state index contributed by atoms with van der Waals surface area (Å²) in [4.78, 5) is 48.2. The lowest BCUT2D eigenvalue weighted by Crippen LogP contribution is -2.53. The quantitative estimate of drug-likeness (QED) is 0.634. The third kappa shape index (κ3) is 5.12. The molecule has 186 valence electrons. The van der Waals surface area contributed by atoms with E-state index in [9.17, 15) is 14.4 Å². The van der Waals surface area contributed by atoms with Crippen LogP contribution in [0.25, 0.3) is 0 Å². The van der Waals surface area contributed by atoms with Crippen LogP contribution in [0.1, 0.15) is 22.9 Å². The van der Waals surface area contributed by atoms with E-state index in [1.165, 1.54) is 0 Å². The van der Waals surface area contributed by atoms with Gasteiger partial charge in [0.2, 0.25) is 17.7 Å². The third-order valence-electron chi connectivity index (χ3n) is 7.19. The first-order valence-electron chi connectivity index (χ1n) is 12.3. The Kier molecular flexibility index (Phi) is 7.17. The summed E-state index contributed by atoms with van der Waals surface area (Å²) in [6.45, 7) is 7.35. The minimum atomic E-state index is -0.413. The standard InChI is InChI=1S/C26H32N4O4S/c1-19-4-6-20(7-5-19)30-23(31)17-21(25(30)22-3-2-16-35-22)26(33)29-10-8-27(9-11-29)18-24(32)28-12-14-34-15-13-28/h2-7,16,21,25H,8-15,17-18H2,1H3. The van der Waals surface area contributed by atoms with E-state index in [2.05, 4.69) is 4.90 Å². The smallest absolute Gasteiger partial charge is 0.236 e. The molecule has 0 N–H and O–H groups in total. The summed E-state index contributed by atoms with van der Waals surface area (Å²) >= 11 is 1.59. The topological polar surface area (TPSA) is 73.4 Å². The second-order valence-electron chi connectivity index (χ2n) is 9.46. The van der Waals surface area contributed by atoms with Crippen LogP contribution in [0, 0.1) is 12.8 Å². The summed E-state index contributed by atoms with van der Waals surface area (Å²) in [5.41, 5.74) is 1.96. The number of morpholine rings is 1. The molecule has 2 aromatic rings. The Hall–Kier alpha value is -2.75. The highest BCUT2D eigenvalue weighted by Crippen LogP contribution is 2.43. The molecule has 1 aromatic heterocycles. The maximum atomic E-state index is 13.7. The number of rotatable bonds is 5. The Morgan fingerprint density at radius 3 is 2.34 bits per heavy atom. The van der Waals surface area contributed by atoms with Crippen molar-refractivity contribution in [2.75, 3.05) is 63.9 Å². The molecule has 0 aliphatic carbocycles. The first kappa shape index (κ1) is 24.0. The van der Waals surface area contributed by atoms with Crippen molar-refractivity contribution in [1.82, 2.24) is 14.7 Å². The van der Waals surface area contributed by atoms with Gasteiger partial charge in [-0.25, -0.2) is 0 Å². The zero-order chi connectivity index (χ0) is 24.4.